The number of aromatic nitrogens is 2. The number of nitrogens with one attached hydrogen (secondary N) is 1. The predicted molar refractivity (Wildman–Crippen MR) is 50.4 cm³/mol. The minimum atomic E-state index is -4.17. The molecule has 0 aliphatic rings. The van der Waals surface area contributed by atoms with Crippen LogP contribution in [-0.2, 0) is 6.54 Å². The fourth-order valence-corrected chi connectivity index (χ4v) is 1.09. The molecule has 1 heterocycles. The van der Waals surface area contributed by atoms with Crippen molar-refractivity contribution in [3.05, 3.63) is 18.0 Å². The van der Waals surface area contributed by atoms with Crippen LogP contribution in [-0.4, -0.2) is 22.5 Å². The zero-order valence-corrected chi connectivity index (χ0v) is 8.67. The van der Waals surface area contributed by atoms with Crippen LogP contribution in [0.4, 0.5) is 13.2 Å². The van der Waals surface area contributed by atoms with Crippen LogP contribution >= 0.6 is 0 Å². The minimum Gasteiger partial charge on any atom is -0.303 e. The van der Waals surface area contributed by atoms with Crippen molar-refractivity contribution in [2.45, 2.75) is 32.6 Å². The first-order valence-corrected chi connectivity index (χ1v) is 4.70. The van der Waals surface area contributed by atoms with Crippen LogP contribution < -0.4 is 5.32 Å². The van der Waals surface area contributed by atoms with E-state index in [9.17, 15) is 13.2 Å². The molecule has 15 heavy (non-hydrogen) atoms. The highest BCUT2D eigenvalue weighted by Gasteiger charge is 2.26. The third-order valence-electron chi connectivity index (χ3n) is 1.82. The van der Waals surface area contributed by atoms with Crippen molar-refractivity contribution in [2.75, 3.05) is 6.54 Å². The average molecular weight is 221 g/mol. The van der Waals surface area contributed by atoms with Gasteiger partial charge < -0.3 is 5.32 Å². The van der Waals surface area contributed by atoms with Crippen LogP contribution in [0.1, 0.15) is 25.6 Å². The molecule has 0 aliphatic heterocycles. The van der Waals surface area contributed by atoms with Gasteiger partial charge in [0.05, 0.1) is 12.2 Å². The molecule has 1 rings (SSSR count). The van der Waals surface area contributed by atoms with Gasteiger partial charge in [0.25, 0.3) is 0 Å². The molecule has 0 atom stereocenters. The van der Waals surface area contributed by atoms with Crippen molar-refractivity contribution in [1.82, 2.24) is 15.1 Å². The highest BCUT2D eigenvalue weighted by Crippen LogP contribution is 2.12. The normalized spacial score (nSPS) is 12.4. The minimum absolute atomic E-state index is 0.138. The van der Waals surface area contributed by atoms with Gasteiger partial charge in [-0.25, -0.2) is 0 Å². The summed E-state index contributed by atoms with van der Waals surface area (Å²) in [6.07, 6.45) is -2.41. The maximum absolute atomic E-state index is 11.8. The molecule has 1 aromatic heterocycles. The van der Waals surface area contributed by atoms with Crippen molar-refractivity contribution in [3.63, 3.8) is 0 Å². The lowest BCUT2D eigenvalue weighted by molar-refractivity contribution is -0.125. The summed E-state index contributed by atoms with van der Waals surface area (Å²) in [6, 6.07) is 1.94. The van der Waals surface area contributed by atoms with E-state index in [0.717, 1.165) is 0 Å². The van der Waals surface area contributed by atoms with E-state index in [1.165, 1.54) is 0 Å². The molecular weight excluding hydrogens is 207 g/mol. The summed E-state index contributed by atoms with van der Waals surface area (Å²) in [5.41, 5.74) is 0.618. The highest BCUT2D eigenvalue weighted by atomic mass is 19.4. The molecule has 0 bridgehead atoms. The quantitative estimate of drug-likeness (QED) is 0.844. The number of alkyl halides is 3. The molecule has 6 heteroatoms. The van der Waals surface area contributed by atoms with E-state index < -0.39 is 12.7 Å². The average Bonchev–Trinajstić information content (AvgIpc) is 2.50. The van der Waals surface area contributed by atoms with Gasteiger partial charge in [0.15, 0.2) is 0 Å². The molecule has 0 saturated carbocycles. The highest BCUT2D eigenvalue weighted by molar-refractivity contribution is 4.99. The van der Waals surface area contributed by atoms with E-state index in [1.54, 1.807) is 16.9 Å². The molecule has 3 nitrogen and oxygen atoms in total. The summed E-state index contributed by atoms with van der Waals surface area (Å²) in [5.74, 6) is 0. The van der Waals surface area contributed by atoms with Crippen molar-refractivity contribution < 1.29 is 13.2 Å². The molecule has 0 amide bonds. The van der Waals surface area contributed by atoms with E-state index in [4.69, 9.17) is 0 Å². The molecule has 0 aliphatic carbocycles. The van der Waals surface area contributed by atoms with Crippen LogP contribution in [0.25, 0.3) is 0 Å². The van der Waals surface area contributed by atoms with Crippen molar-refractivity contribution in [1.29, 1.82) is 0 Å². The largest absolute Gasteiger partial charge is 0.401 e. The molecule has 1 aromatic rings. The lowest BCUT2D eigenvalue weighted by Gasteiger charge is -2.07. The molecular formula is C9H14F3N3. The molecule has 0 unspecified atom stereocenters. The van der Waals surface area contributed by atoms with E-state index in [-0.39, 0.29) is 12.6 Å². The molecule has 86 valence electrons. The van der Waals surface area contributed by atoms with Crippen molar-refractivity contribution in [3.8, 4) is 0 Å². The Balaban J connectivity index is 2.38. The number of nitrogens with zero attached hydrogens (tertiary/aromatic N) is 2. The Bertz CT molecular complexity index is 304. The molecule has 1 N–H and O–H groups in total. The number of hydrogen-bond donors (Lipinski definition) is 1. The molecule has 0 fully saturated rings. The Hall–Kier alpha value is -1.04. The summed E-state index contributed by atoms with van der Waals surface area (Å²) in [5, 5.41) is 6.41. The second-order valence-electron chi connectivity index (χ2n) is 3.60. The van der Waals surface area contributed by atoms with Gasteiger partial charge in [-0.3, -0.25) is 4.68 Å². The maximum Gasteiger partial charge on any atom is 0.401 e. The van der Waals surface area contributed by atoms with E-state index >= 15 is 0 Å². The Morgan fingerprint density at radius 3 is 2.60 bits per heavy atom. The van der Waals surface area contributed by atoms with E-state index in [1.807, 2.05) is 13.8 Å². The molecule has 0 radical (unpaired) electrons. The number of rotatable bonds is 4. The maximum atomic E-state index is 11.8. The summed E-state index contributed by atoms with van der Waals surface area (Å²) in [4.78, 5) is 0. The second kappa shape index (κ2) is 4.65. The Morgan fingerprint density at radius 1 is 1.47 bits per heavy atom. The van der Waals surface area contributed by atoms with Gasteiger partial charge in [-0.15, -0.1) is 0 Å². The van der Waals surface area contributed by atoms with Gasteiger partial charge in [-0.2, -0.15) is 18.3 Å². The lowest BCUT2D eigenvalue weighted by Crippen LogP contribution is -2.28. The van der Waals surface area contributed by atoms with Gasteiger partial charge in [-0.1, -0.05) is 0 Å². The van der Waals surface area contributed by atoms with Gasteiger partial charge >= 0.3 is 6.18 Å². The summed E-state index contributed by atoms with van der Waals surface area (Å²) in [6.45, 7) is 3.07. The first-order valence-electron chi connectivity index (χ1n) is 4.70. The van der Waals surface area contributed by atoms with Gasteiger partial charge in [0, 0.05) is 18.8 Å². The zero-order chi connectivity index (χ0) is 11.5. The van der Waals surface area contributed by atoms with E-state index in [2.05, 4.69) is 10.4 Å². The van der Waals surface area contributed by atoms with Crippen molar-refractivity contribution >= 4 is 0 Å². The van der Waals surface area contributed by atoms with Crippen LogP contribution in [0.3, 0.4) is 0 Å². The Labute approximate surface area is 86.3 Å². The van der Waals surface area contributed by atoms with Crippen LogP contribution in [0.15, 0.2) is 12.3 Å². The first kappa shape index (κ1) is 12.0. The third kappa shape index (κ3) is 4.33. The monoisotopic (exact) mass is 221 g/mol. The summed E-state index contributed by atoms with van der Waals surface area (Å²) >= 11 is 0. The molecule has 0 saturated heterocycles. The third-order valence-corrected chi connectivity index (χ3v) is 1.82. The summed E-state index contributed by atoms with van der Waals surface area (Å²) in [7, 11) is 0. The van der Waals surface area contributed by atoms with Crippen LogP contribution in [0, 0.1) is 0 Å². The van der Waals surface area contributed by atoms with Gasteiger partial charge in [-0.05, 0) is 19.9 Å². The SMILES string of the molecule is CC(C)n1ccc(CNCC(F)(F)F)n1. The lowest BCUT2D eigenvalue weighted by atomic mass is 10.4. The first-order chi connectivity index (χ1) is 6.88. The van der Waals surface area contributed by atoms with Crippen LogP contribution in [0.5, 0.6) is 0 Å². The Morgan fingerprint density at radius 2 is 2.13 bits per heavy atom. The number of hydrogen-bond acceptors (Lipinski definition) is 2. The topological polar surface area (TPSA) is 29.9 Å². The molecule has 0 spiro atoms. The zero-order valence-electron chi connectivity index (χ0n) is 8.67. The van der Waals surface area contributed by atoms with Crippen LogP contribution in [0.2, 0.25) is 0 Å². The standard InChI is InChI=1S/C9H14F3N3/c1-7(2)15-4-3-8(14-15)5-13-6-9(10,11)12/h3-4,7,13H,5-6H2,1-2H3. The van der Waals surface area contributed by atoms with Gasteiger partial charge in [0.1, 0.15) is 0 Å². The summed E-state index contributed by atoms with van der Waals surface area (Å²) < 4.78 is 37.1. The van der Waals surface area contributed by atoms with E-state index in [0.29, 0.717) is 5.69 Å². The smallest absolute Gasteiger partial charge is 0.303 e. The fraction of sp³-hybridized carbons (Fsp3) is 0.667. The predicted octanol–water partition coefficient (Wildman–Crippen LogP) is 2.12. The fourth-order valence-electron chi connectivity index (χ4n) is 1.09. The second-order valence-corrected chi connectivity index (χ2v) is 3.60. The van der Waals surface area contributed by atoms with Crippen molar-refractivity contribution in [2.24, 2.45) is 0 Å². The van der Waals surface area contributed by atoms with Gasteiger partial charge in [0.2, 0.25) is 0 Å². The number of halogens is 3. The molecule has 0 aromatic carbocycles. The Kier molecular flexibility index (Phi) is 3.73.